The predicted molar refractivity (Wildman–Crippen MR) is 32.1 cm³/mol. The van der Waals surface area contributed by atoms with E-state index in [1.165, 1.54) is 4.08 Å². The highest BCUT2D eigenvalue weighted by molar-refractivity contribution is 14.1. The monoisotopic (exact) mass is 217 g/mol. The maximum absolute atomic E-state index is 9.51. The largest absolute Gasteiger partial charge is 0.769 e. The van der Waals surface area contributed by atoms with Gasteiger partial charge in [-0.2, -0.15) is 0 Å². The lowest BCUT2D eigenvalue weighted by molar-refractivity contribution is 0.546. The van der Waals surface area contributed by atoms with Crippen LogP contribution < -0.4 is 0 Å². The molecule has 0 fully saturated rings. The fraction of sp³-hybridized carbons (Fsp3) is 0. The summed E-state index contributed by atoms with van der Waals surface area (Å²) in [6.07, 6.45) is 0. The summed E-state index contributed by atoms with van der Waals surface area (Å²) in [5.41, 5.74) is 0. The van der Waals surface area contributed by atoms with E-state index in [4.69, 9.17) is 0 Å². The Kier molecular flexibility index (Phi) is 4.12. The summed E-state index contributed by atoms with van der Waals surface area (Å²) >= 11 is -0.175. The zero-order valence-electron chi connectivity index (χ0n) is 2.76. The van der Waals surface area contributed by atoms with E-state index in [-0.39, 0.29) is 0 Å². The molecule has 0 saturated carbocycles. The Bertz CT molecular complexity index is 79.6. The van der Waals surface area contributed by atoms with Crippen LogP contribution in [0.3, 0.4) is 0 Å². The lowest BCUT2D eigenvalue weighted by atomic mass is 11.3. The molecule has 0 aliphatic rings. The summed E-state index contributed by atoms with van der Waals surface area (Å²) in [6.45, 7) is 0. The lowest BCUT2D eigenvalue weighted by Gasteiger charge is -1.89. The Morgan fingerprint density at radius 1 is 1.83 bits per heavy atom. The third-order valence-electron chi connectivity index (χ3n) is 0.163. The number of rotatable bonds is 1. The summed E-state index contributed by atoms with van der Waals surface area (Å²) in [6, 6.07) is 0. The zero-order valence-corrected chi connectivity index (χ0v) is 5.73. The van der Waals surface area contributed by atoms with Crippen LogP contribution in [0, 0.1) is 0 Å². The van der Waals surface area contributed by atoms with Crippen molar-refractivity contribution in [2.75, 3.05) is 0 Å². The molecule has 0 spiro atoms. The van der Waals surface area contributed by atoms with Crippen LogP contribution in [0.1, 0.15) is 0 Å². The topological polar surface area (TPSA) is 40.1 Å². The fourth-order valence-corrected chi connectivity index (χ4v) is 0.845. The van der Waals surface area contributed by atoms with E-state index >= 15 is 0 Å². The minimum atomic E-state index is -2.00. The van der Waals surface area contributed by atoms with E-state index in [1.54, 1.807) is 0 Å². The third kappa shape index (κ3) is 4.58. The molecule has 0 aliphatic carbocycles. The summed E-state index contributed by atoms with van der Waals surface area (Å²) in [5.74, 6) is 0. The molecule has 0 rings (SSSR count). The highest BCUT2D eigenvalue weighted by Crippen LogP contribution is 1.84. The van der Waals surface area contributed by atoms with E-state index in [0.29, 0.717) is 0 Å². The van der Waals surface area contributed by atoms with E-state index in [9.17, 15) is 8.76 Å². The van der Waals surface area contributed by atoms with Crippen LogP contribution in [0.2, 0.25) is 0 Å². The van der Waals surface area contributed by atoms with Crippen LogP contribution in [0.25, 0.3) is 0 Å². The second kappa shape index (κ2) is 3.76. The highest BCUT2D eigenvalue weighted by atomic mass is 127. The smallest absolute Gasteiger partial charge is 0.00545 e. The summed E-state index contributed by atoms with van der Waals surface area (Å²) in [5, 5.41) is 1.07. The van der Waals surface area contributed by atoms with Gasteiger partial charge in [-0.1, -0.05) is 22.6 Å². The first-order valence-corrected chi connectivity index (χ1v) is 3.50. The number of halogens is 1. The molecule has 0 aromatic heterocycles. The zero-order chi connectivity index (χ0) is 4.99. The molecule has 0 amide bonds. The van der Waals surface area contributed by atoms with Crippen LogP contribution >= 0.6 is 22.6 Å². The lowest BCUT2D eigenvalue weighted by Crippen LogP contribution is -1.73. The van der Waals surface area contributed by atoms with E-state index in [2.05, 4.69) is 0 Å². The van der Waals surface area contributed by atoms with Crippen LogP contribution in [-0.2, 0) is 11.1 Å². The molecule has 0 N–H and O–H groups in total. The predicted octanol–water partition coefficient (Wildman–Crippen LogP) is 0.772. The van der Waals surface area contributed by atoms with Gasteiger partial charge in [-0.05, 0) is 20.6 Å². The van der Waals surface area contributed by atoms with E-state index in [0.717, 1.165) is 5.41 Å². The van der Waals surface area contributed by atoms with Crippen molar-refractivity contribution in [1.29, 1.82) is 0 Å². The van der Waals surface area contributed by atoms with Crippen LogP contribution in [0.4, 0.5) is 0 Å². The van der Waals surface area contributed by atoms with Gasteiger partial charge in [0.2, 0.25) is 0 Å². The quantitative estimate of drug-likeness (QED) is 0.480. The van der Waals surface area contributed by atoms with Gasteiger partial charge in [0.15, 0.2) is 0 Å². The third-order valence-corrected chi connectivity index (χ3v) is 1.37. The van der Waals surface area contributed by atoms with Gasteiger partial charge < -0.3 is 4.55 Å². The Balaban J connectivity index is 3.30. The molecule has 0 heterocycles. The van der Waals surface area contributed by atoms with E-state index in [1.807, 2.05) is 22.6 Å². The van der Waals surface area contributed by atoms with Crippen molar-refractivity contribution < 1.29 is 8.76 Å². The first-order chi connectivity index (χ1) is 2.77. The average molecular weight is 217 g/mol. The van der Waals surface area contributed by atoms with Gasteiger partial charge in [-0.15, -0.1) is 0 Å². The van der Waals surface area contributed by atoms with E-state index < -0.39 is 11.1 Å². The molecule has 1 atom stereocenters. The standard InChI is InChI=1S/C2H3IO2S/c3-1-2-6(4)5/h1-2H,(H,4,5)/p-1/b2-1+. The summed E-state index contributed by atoms with van der Waals surface area (Å²) in [4.78, 5) is 0. The minimum Gasteiger partial charge on any atom is -0.769 e. The molecule has 0 aromatic carbocycles. The van der Waals surface area contributed by atoms with Crippen molar-refractivity contribution >= 4 is 33.7 Å². The van der Waals surface area contributed by atoms with Gasteiger partial charge in [0.05, 0.1) is 0 Å². The van der Waals surface area contributed by atoms with Gasteiger partial charge in [0.1, 0.15) is 0 Å². The van der Waals surface area contributed by atoms with Gasteiger partial charge in [-0.25, -0.2) is 0 Å². The SMILES string of the molecule is O=S([O-])/C=C/I. The Hall–Kier alpha value is 0.580. The summed E-state index contributed by atoms with van der Waals surface area (Å²) in [7, 11) is 0. The van der Waals surface area contributed by atoms with Crippen molar-refractivity contribution in [3.63, 3.8) is 0 Å². The van der Waals surface area contributed by atoms with Crippen molar-refractivity contribution in [1.82, 2.24) is 0 Å². The van der Waals surface area contributed by atoms with Crippen molar-refractivity contribution in [3.8, 4) is 0 Å². The van der Waals surface area contributed by atoms with Crippen LogP contribution in [0.15, 0.2) is 9.49 Å². The molecule has 4 heteroatoms. The summed E-state index contributed by atoms with van der Waals surface area (Å²) < 4.78 is 20.4. The molecule has 0 aliphatic heterocycles. The molecular weight excluding hydrogens is 215 g/mol. The fourth-order valence-electron chi connectivity index (χ4n) is 0.0420. The van der Waals surface area contributed by atoms with Crippen molar-refractivity contribution in [3.05, 3.63) is 9.49 Å². The Morgan fingerprint density at radius 2 is 2.33 bits per heavy atom. The second-order valence-electron chi connectivity index (χ2n) is 0.523. The maximum atomic E-state index is 9.51. The van der Waals surface area contributed by atoms with Crippen molar-refractivity contribution in [2.45, 2.75) is 0 Å². The normalized spacial score (nSPS) is 15.7. The molecule has 0 radical (unpaired) electrons. The average Bonchev–Trinajstić information content (AvgIpc) is 1.35. The number of hydrogen-bond donors (Lipinski definition) is 0. The van der Waals surface area contributed by atoms with Gasteiger partial charge in [0.25, 0.3) is 0 Å². The van der Waals surface area contributed by atoms with Crippen LogP contribution in [-0.4, -0.2) is 8.76 Å². The van der Waals surface area contributed by atoms with Gasteiger partial charge in [0, 0.05) is 0 Å². The van der Waals surface area contributed by atoms with Gasteiger partial charge in [-0.3, -0.25) is 4.21 Å². The minimum absolute atomic E-state index is 1.07. The first-order valence-electron chi connectivity index (χ1n) is 1.12. The second-order valence-corrected chi connectivity index (χ2v) is 2.03. The Morgan fingerprint density at radius 3 is 2.33 bits per heavy atom. The van der Waals surface area contributed by atoms with Crippen molar-refractivity contribution in [2.24, 2.45) is 0 Å². The molecule has 36 valence electrons. The maximum Gasteiger partial charge on any atom is -0.00545 e. The molecule has 0 saturated heterocycles. The Labute approximate surface area is 52.1 Å². The molecule has 6 heavy (non-hydrogen) atoms. The molecule has 0 bridgehead atoms. The molecular formula is C2H2IO2S-. The van der Waals surface area contributed by atoms with Crippen LogP contribution in [0.5, 0.6) is 0 Å². The molecule has 1 unspecified atom stereocenters. The molecule has 0 aromatic rings. The molecule has 2 nitrogen and oxygen atoms in total. The first kappa shape index (κ1) is 6.58. The highest BCUT2D eigenvalue weighted by Gasteiger charge is 1.59. The van der Waals surface area contributed by atoms with Gasteiger partial charge >= 0.3 is 0 Å². The number of hydrogen-bond acceptors (Lipinski definition) is 2.